The second-order valence-corrected chi connectivity index (χ2v) is 5.76. The molecule has 2 rings (SSSR count). The molecule has 1 heterocycles. The Kier molecular flexibility index (Phi) is 4.42. The van der Waals surface area contributed by atoms with Gasteiger partial charge < -0.3 is 5.32 Å². The second kappa shape index (κ2) is 5.88. The van der Waals surface area contributed by atoms with Gasteiger partial charge in [-0.15, -0.1) is 0 Å². The predicted octanol–water partition coefficient (Wildman–Crippen LogP) is 3.34. The van der Waals surface area contributed by atoms with Gasteiger partial charge in [-0.2, -0.15) is 5.10 Å². The normalized spacial score (nSPS) is 11.0. The van der Waals surface area contributed by atoms with Crippen molar-refractivity contribution in [3.63, 3.8) is 0 Å². The quantitative estimate of drug-likeness (QED) is 0.936. The van der Waals surface area contributed by atoms with Crippen molar-refractivity contribution < 1.29 is 0 Å². The van der Waals surface area contributed by atoms with Crippen molar-refractivity contribution in [2.24, 2.45) is 0 Å². The summed E-state index contributed by atoms with van der Waals surface area (Å²) in [6, 6.07) is 6.50. The minimum Gasteiger partial charge on any atom is -0.316 e. The summed E-state index contributed by atoms with van der Waals surface area (Å²) in [6.45, 7) is 8.00. The molecule has 0 bridgehead atoms. The topological polar surface area (TPSA) is 29.9 Å². The van der Waals surface area contributed by atoms with Crippen molar-refractivity contribution in [2.75, 3.05) is 7.05 Å². The van der Waals surface area contributed by atoms with Crippen LogP contribution < -0.4 is 5.32 Å². The Morgan fingerprint density at radius 2 is 2.00 bits per heavy atom. The molecule has 0 radical (unpaired) electrons. The fourth-order valence-electron chi connectivity index (χ4n) is 2.13. The van der Waals surface area contributed by atoms with E-state index in [1.54, 1.807) is 0 Å². The van der Waals surface area contributed by atoms with Crippen LogP contribution in [0.25, 0.3) is 0 Å². The maximum absolute atomic E-state index is 4.59. The summed E-state index contributed by atoms with van der Waals surface area (Å²) in [7, 11) is 1.96. The third-order valence-electron chi connectivity index (χ3n) is 3.56. The van der Waals surface area contributed by atoms with E-state index in [-0.39, 0.29) is 0 Å². The van der Waals surface area contributed by atoms with Crippen molar-refractivity contribution in [1.82, 2.24) is 15.1 Å². The largest absolute Gasteiger partial charge is 0.316 e. The van der Waals surface area contributed by atoms with Crippen molar-refractivity contribution in [3.8, 4) is 0 Å². The zero-order chi connectivity index (χ0) is 14.0. The van der Waals surface area contributed by atoms with Gasteiger partial charge in [0.2, 0.25) is 0 Å². The fraction of sp³-hybridized carbons (Fsp3) is 0.400. The summed E-state index contributed by atoms with van der Waals surface area (Å²) in [5.74, 6) is 0. The molecule has 4 heteroatoms. The molecule has 0 amide bonds. The van der Waals surface area contributed by atoms with E-state index in [0.29, 0.717) is 0 Å². The van der Waals surface area contributed by atoms with E-state index < -0.39 is 0 Å². The summed E-state index contributed by atoms with van der Waals surface area (Å²) in [5, 5.41) is 7.75. The lowest BCUT2D eigenvalue weighted by Gasteiger charge is -2.09. The molecule has 2 aromatic rings. The summed E-state index contributed by atoms with van der Waals surface area (Å²) >= 11 is 3.66. The third kappa shape index (κ3) is 3.07. The summed E-state index contributed by atoms with van der Waals surface area (Å²) in [6.07, 6.45) is 0. The average Bonchev–Trinajstić information content (AvgIpc) is 2.61. The molecule has 1 aromatic heterocycles. The van der Waals surface area contributed by atoms with Gasteiger partial charge in [0.1, 0.15) is 0 Å². The first kappa shape index (κ1) is 14.3. The molecule has 0 unspecified atom stereocenters. The molecule has 0 saturated heterocycles. The molecule has 19 heavy (non-hydrogen) atoms. The van der Waals surface area contributed by atoms with Gasteiger partial charge in [0.25, 0.3) is 0 Å². The highest BCUT2D eigenvalue weighted by molar-refractivity contribution is 9.10. The second-order valence-electron chi connectivity index (χ2n) is 4.91. The highest BCUT2D eigenvalue weighted by atomic mass is 79.9. The van der Waals surface area contributed by atoms with Gasteiger partial charge in [-0.05, 0) is 50.6 Å². The molecule has 0 saturated carbocycles. The molecule has 1 N–H and O–H groups in total. The van der Waals surface area contributed by atoms with Crippen LogP contribution in [0.3, 0.4) is 0 Å². The first-order chi connectivity index (χ1) is 9.02. The van der Waals surface area contributed by atoms with E-state index in [2.05, 4.69) is 70.0 Å². The predicted molar refractivity (Wildman–Crippen MR) is 82.4 cm³/mol. The maximum Gasteiger partial charge on any atom is 0.0673 e. The number of nitrogens with zero attached hydrogens (tertiary/aromatic N) is 2. The standard InChI is InChI=1S/C15H20BrN3/c1-10-11(2)18-19(12(10)3)9-14-6-5-13(8-17-4)7-15(14)16/h5-7,17H,8-9H2,1-4H3. The number of nitrogens with one attached hydrogen (secondary N) is 1. The van der Waals surface area contributed by atoms with Gasteiger partial charge in [0, 0.05) is 16.7 Å². The lowest BCUT2D eigenvalue weighted by Crippen LogP contribution is -2.07. The first-order valence-electron chi connectivity index (χ1n) is 6.45. The number of halogens is 1. The van der Waals surface area contributed by atoms with E-state index in [0.717, 1.165) is 23.3 Å². The van der Waals surface area contributed by atoms with Crippen molar-refractivity contribution >= 4 is 15.9 Å². The van der Waals surface area contributed by atoms with Crippen LogP contribution >= 0.6 is 15.9 Å². The number of hydrogen-bond donors (Lipinski definition) is 1. The fourth-order valence-corrected chi connectivity index (χ4v) is 2.69. The number of aromatic nitrogens is 2. The Hall–Kier alpha value is -1.13. The van der Waals surface area contributed by atoms with E-state index in [1.165, 1.54) is 22.4 Å². The number of hydrogen-bond acceptors (Lipinski definition) is 2. The van der Waals surface area contributed by atoms with E-state index in [1.807, 2.05) is 7.05 Å². The molecule has 0 aliphatic heterocycles. The Morgan fingerprint density at radius 1 is 1.26 bits per heavy atom. The van der Waals surface area contributed by atoms with Crippen molar-refractivity contribution in [3.05, 3.63) is 50.8 Å². The zero-order valence-corrected chi connectivity index (χ0v) is 13.5. The number of benzene rings is 1. The van der Waals surface area contributed by atoms with E-state index in [9.17, 15) is 0 Å². The molecular formula is C15H20BrN3. The van der Waals surface area contributed by atoms with Crippen LogP contribution in [0.5, 0.6) is 0 Å². The molecular weight excluding hydrogens is 302 g/mol. The van der Waals surface area contributed by atoms with Crippen LogP contribution in [0.4, 0.5) is 0 Å². The van der Waals surface area contributed by atoms with Crippen LogP contribution in [0.1, 0.15) is 28.1 Å². The molecule has 0 fully saturated rings. The van der Waals surface area contributed by atoms with Gasteiger partial charge in [-0.1, -0.05) is 28.1 Å². The van der Waals surface area contributed by atoms with Gasteiger partial charge in [-0.3, -0.25) is 4.68 Å². The zero-order valence-electron chi connectivity index (χ0n) is 11.9. The Bertz CT molecular complexity index is 587. The highest BCUT2D eigenvalue weighted by Crippen LogP contribution is 2.21. The summed E-state index contributed by atoms with van der Waals surface area (Å²) < 4.78 is 3.22. The average molecular weight is 322 g/mol. The lowest BCUT2D eigenvalue weighted by atomic mass is 10.1. The van der Waals surface area contributed by atoms with Crippen LogP contribution in [0.15, 0.2) is 22.7 Å². The van der Waals surface area contributed by atoms with Crippen molar-refractivity contribution in [2.45, 2.75) is 33.9 Å². The minimum absolute atomic E-state index is 0.806. The van der Waals surface area contributed by atoms with Crippen LogP contribution in [-0.2, 0) is 13.1 Å². The molecule has 0 atom stereocenters. The molecule has 0 spiro atoms. The first-order valence-corrected chi connectivity index (χ1v) is 7.24. The smallest absolute Gasteiger partial charge is 0.0673 e. The Labute approximate surface area is 123 Å². The maximum atomic E-state index is 4.59. The molecule has 0 aliphatic carbocycles. The molecule has 1 aromatic carbocycles. The number of aryl methyl sites for hydroxylation is 1. The Morgan fingerprint density at radius 3 is 2.53 bits per heavy atom. The van der Waals surface area contributed by atoms with Gasteiger partial charge >= 0.3 is 0 Å². The lowest BCUT2D eigenvalue weighted by molar-refractivity contribution is 0.656. The third-order valence-corrected chi connectivity index (χ3v) is 4.30. The van der Waals surface area contributed by atoms with Gasteiger partial charge in [0.05, 0.1) is 12.2 Å². The molecule has 0 aliphatic rings. The van der Waals surface area contributed by atoms with E-state index >= 15 is 0 Å². The molecule has 3 nitrogen and oxygen atoms in total. The van der Waals surface area contributed by atoms with Crippen LogP contribution in [0.2, 0.25) is 0 Å². The summed E-state index contributed by atoms with van der Waals surface area (Å²) in [4.78, 5) is 0. The van der Waals surface area contributed by atoms with Crippen LogP contribution in [-0.4, -0.2) is 16.8 Å². The van der Waals surface area contributed by atoms with Crippen LogP contribution in [0, 0.1) is 20.8 Å². The number of rotatable bonds is 4. The van der Waals surface area contributed by atoms with Gasteiger partial charge in [0.15, 0.2) is 0 Å². The van der Waals surface area contributed by atoms with E-state index in [4.69, 9.17) is 0 Å². The monoisotopic (exact) mass is 321 g/mol. The SMILES string of the molecule is CNCc1ccc(Cn2nc(C)c(C)c2C)c(Br)c1. The molecule has 102 valence electrons. The minimum atomic E-state index is 0.806. The summed E-state index contributed by atoms with van der Waals surface area (Å²) in [5.41, 5.74) is 6.17. The van der Waals surface area contributed by atoms with Gasteiger partial charge in [-0.25, -0.2) is 0 Å². The Balaban J connectivity index is 2.26. The highest BCUT2D eigenvalue weighted by Gasteiger charge is 2.09. The van der Waals surface area contributed by atoms with Crippen molar-refractivity contribution in [1.29, 1.82) is 0 Å².